The van der Waals surface area contributed by atoms with Crippen LogP contribution in [-0.4, -0.2) is 25.8 Å². The lowest BCUT2D eigenvalue weighted by Gasteiger charge is -2.21. The summed E-state index contributed by atoms with van der Waals surface area (Å²) in [7, 11) is -3.48. The van der Waals surface area contributed by atoms with Crippen molar-refractivity contribution in [2.45, 2.75) is 31.6 Å². The number of rotatable bonds is 6. The second-order valence-electron chi connectivity index (χ2n) is 4.03. The van der Waals surface area contributed by atoms with Gasteiger partial charge in [0.2, 0.25) is 10.0 Å². The zero-order valence-electron chi connectivity index (χ0n) is 10.7. The van der Waals surface area contributed by atoms with Crippen molar-refractivity contribution in [3.8, 4) is 0 Å². The summed E-state index contributed by atoms with van der Waals surface area (Å²) in [6, 6.07) is 4.85. The van der Waals surface area contributed by atoms with Crippen LogP contribution in [-0.2, 0) is 10.0 Å². The van der Waals surface area contributed by atoms with E-state index in [1.54, 1.807) is 18.2 Å². The second kappa shape index (κ2) is 6.54. The van der Waals surface area contributed by atoms with Crippen molar-refractivity contribution >= 4 is 31.6 Å². The highest BCUT2D eigenvalue weighted by molar-refractivity contribution is 9.10. The molecule has 0 saturated heterocycles. The molecule has 1 aromatic rings. The maximum Gasteiger partial charge on any atom is 0.245 e. The Morgan fingerprint density at radius 3 is 2.50 bits per heavy atom. The van der Waals surface area contributed by atoms with Crippen LogP contribution in [0.5, 0.6) is 0 Å². The van der Waals surface area contributed by atoms with Gasteiger partial charge >= 0.3 is 0 Å². The van der Waals surface area contributed by atoms with Crippen LogP contribution in [0.25, 0.3) is 0 Å². The van der Waals surface area contributed by atoms with E-state index in [-0.39, 0.29) is 10.6 Å². The van der Waals surface area contributed by atoms with E-state index in [0.717, 1.165) is 17.3 Å². The molecule has 0 bridgehead atoms. The smallest absolute Gasteiger partial charge is 0.245 e. The zero-order valence-corrected chi connectivity index (χ0v) is 13.1. The van der Waals surface area contributed by atoms with Crippen LogP contribution in [0.2, 0.25) is 0 Å². The lowest BCUT2D eigenvalue weighted by Crippen LogP contribution is -2.32. The summed E-state index contributed by atoms with van der Waals surface area (Å²) in [5, 5.41) is 0. The lowest BCUT2D eigenvalue weighted by molar-refractivity contribution is 0.419. The Kier molecular flexibility index (Phi) is 5.62. The minimum absolute atomic E-state index is 0.184. The standard InChI is InChI=1S/C12H19BrN2O2S/c1-3-5-8-15(4-2)18(16,17)12-7-6-10(13)9-11(12)14/h6-7,9H,3-5,8,14H2,1-2H3. The van der Waals surface area contributed by atoms with Crippen LogP contribution in [0.4, 0.5) is 5.69 Å². The fraction of sp³-hybridized carbons (Fsp3) is 0.500. The molecule has 0 fully saturated rings. The van der Waals surface area contributed by atoms with Gasteiger partial charge in [0.1, 0.15) is 4.90 Å². The van der Waals surface area contributed by atoms with Crippen LogP contribution < -0.4 is 5.73 Å². The maximum absolute atomic E-state index is 12.4. The number of halogens is 1. The molecule has 2 N–H and O–H groups in total. The van der Waals surface area contributed by atoms with Crippen molar-refractivity contribution < 1.29 is 8.42 Å². The van der Waals surface area contributed by atoms with Crippen molar-refractivity contribution in [2.24, 2.45) is 0 Å². The third kappa shape index (κ3) is 3.46. The number of anilines is 1. The molecule has 0 radical (unpaired) electrons. The molecule has 0 saturated carbocycles. The van der Waals surface area contributed by atoms with Crippen LogP contribution in [0.1, 0.15) is 26.7 Å². The van der Waals surface area contributed by atoms with Crippen molar-refractivity contribution in [3.63, 3.8) is 0 Å². The molecule has 0 amide bonds. The molecule has 1 aromatic carbocycles. The summed E-state index contributed by atoms with van der Waals surface area (Å²) >= 11 is 3.27. The Balaban J connectivity index is 3.10. The molecule has 4 nitrogen and oxygen atoms in total. The SMILES string of the molecule is CCCCN(CC)S(=O)(=O)c1ccc(Br)cc1N. The topological polar surface area (TPSA) is 63.4 Å². The van der Waals surface area contributed by atoms with E-state index in [2.05, 4.69) is 15.9 Å². The van der Waals surface area contributed by atoms with Gasteiger partial charge in [-0.25, -0.2) is 8.42 Å². The Morgan fingerprint density at radius 1 is 1.33 bits per heavy atom. The van der Waals surface area contributed by atoms with E-state index in [4.69, 9.17) is 5.73 Å². The van der Waals surface area contributed by atoms with Gasteiger partial charge in [0.25, 0.3) is 0 Å². The van der Waals surface area contributed by atoms with Crippen LogP contribution in [0.3, 0.4) is 0 Å². The number of nitrogens with two attached hydrogens (primary N) is 1. The lowest BCUT2D eigenvalue weighted by atomic mass is 10.3. The van der Waals surface area contributed by atoms with Gasteiger partial charge in [-0.15, -0.1) is 0 Å². The Labute approximate surface area is 117 Å². The summed E-state index contributed by atoms with van der Waals surface area (Å²) < 4.78 is 27.1. The van der Waals surface area contributed by atoms with Crippen LogP contribution in [0.15, 0.2) is 27.6 Å². The van der Waals surface area contributed by atoms with Crippen molar-refractivity contribution in [3.05, 3.63) is 22.7 Å². The fourth-order valence-electron chi connectivity index (χ4n) is 1.68. The molecule has 1 rings (SSSR count). The molecule has 0 atom stereocenters. The number of benzene rings is 1. The molecule has 0 unspecified atom stereocenters. The van der Waals surface area contributed by atoms with E-state index < -0.39 is 10.0 Å². The predicted molar refractivity (Wildman–Crippen MR) is 77.9 cm³/mol. The van der Waals surface area contributed by atoms with Gasteiger partial charge in [-0.2, -0.15) is 4.31 Å². The van der Waals surface area contributed by atoms with E-state index >= 15 is 0 Å². The molecule has 0 spiro atoms. The minimum Gasteiger partial charge on any atom is -0.398 e. The fourth-order valence-corrected chi connectivity index (χ4v) is 3.64. The molecule has 0 aliphatic heterocycles. The summed E-state index contributed by atoms with van der Waals surface area (Å²) in [6.45, 7) is 4.86. The highest BCUT2D eigenvalue weighted by atomic mass is 79.9. The number of nitrogens with zero attached hydrogens (tertiary/aromatic N) is 1. The van der Waals surface area contributed by atoms with Crippen LogP contribution >= 0.6 is 15.9 Å². The number of unbranched alkanes of at least 4 members (excludes halogenated alkanes) is 1. The molecule has 0 heterocycles. The summed E-state index contributed by atoms with van der Waals surface area (Å²) in [5.41, 5.74) is 6.07. The Bertz CT molecular complexity index is 503. The predicted octanol–water partition coefficient (Wildman–Crippen LogP) is 2.84. The summed E-state index contributed by atoms with van der Waals surface area (Å²) in [6.07, 6.45) is 1.81. The Hall–Kier alpha value is -0.590. The molecule has 102 valence electrons. The second-order valence-corrected chi connectivity index (χ2v) is 6.85. The van der Waals surface area contributed by atoms with Gasteiger partial charge in [0, 0.05) is 17.6 Å². The third-order valence-corrected chi connectivity index (χ3v) is 5.24. The van der Waals surface area contributed by atoms with Crippen molar-refractivity contribution in [1.29, 1.82) is 0 Å². The first-order chi connectivity index (χ1) is 8.43. The first-order valence-corrected chi connectivity index (χ1v) is 8.22. The quantitative estimate of drug-likeness (QED) is 0.813. The number of hydrogen-bond donors (Lipinski definition) is 1. The average Bonchev–Trinajstić information content (AvgIpc) is 2.29. The van der Waals surface area contributed by atoms with Crippen LogP contribution in [0, 0.1) is 0 Å². The Morgan fingerprint density at radius 2 is 2.00 bits per heavy atom. The van der Waals surface area contributed by atoms with E-state index in [0.29, 0.717) is 13.1 Å². The van der Waals surface area contributed by atoms with Crippen molar-refractivity contribution in [1.82, 2.24) is 4.31 Å². The number of nitrogen functional groups attached to an aromatic ring is 1. The third-order valence-electron chi connectivity index (χ3n) is 2.70. The minimum atomic E-state index is -3.48. The highest BCUT2D eigenvalue weighted by Crippen LogP contribution is 2.25. The zero-order chi connectivity index (χ0) is 13.8. The molecular weight excluding hydrogens is 316 g/mol. The van der Waals surface area contributed by atoms with Gasteiger partial charge in [-0.05, 0) is 24.6 Å². The van der Waals surface area contributed by atoms with E-state index in [1.807, 2.05) is 13.8 Å². The number of hydrogen-bond acceptors (Lipinski definition) is 3. The molecule has 6 heteroatoms. The molecule has 0 aliphatic rings. The average molecular weight is 335 g/mol. The van der Waals surface area contributed by atoms with Gasteiger partial charge in [-0.1, -0.05) is 36.2 Å². The molecular formula is C12H19BrN2O2S. The summed E-state index contributed by atoms with van der Waals surface area (Å²) in [4.78, 5) is 0.184. The summed E-state index contributed by atoms with van der Waals surface area (Å²) in [5.74, 6) is 0. The van der Waals surface area contributed by atoms with Crippen molar-refractivity contribution in [2.75, 3.05) is 18.8 Å². The van der Waals surface area contributed by atoms with Gasteiger partial charge in [0.05, 0.1) is 5.69 Å². The molecule has 0 aliphatic carbocycles. The number of sulfonamides is 1. The maximum atomic E-state index is 12.4. The highest BCUT2D eigenvalue weighted by Gasteiger charge is 2.24. The first kappa shape index (κ1) is 15.5. The van der Waals surface area contributed by atoms with E-state index in [1.165, 1.54) is 4.31 Å². The van der Waals surface area contributed by atoms with E-state index in [9.17, 15) is 8.42 Å². The van der Waals surface area contributed by atoms with Gasteiger partial charge < -0.3 is 5.73 Å². The monoisotopic (exact) mass is 334 g/mol. The molecule has 18 heavy (non-hydrogen) atoms. The van der Waals surface area contributed by atoms with Gasteiger partial charge in [0.15, 0.2) is 0 Å². The normalized spacial score (nSPS) is 12.0. The largest absolute Gasteiger partial charge is 0.398 e. The van der Waals surface area contributed by atoms with Gasteiger partial charge in [-0.3, -0.25) is 0 Å². The first-order valence-electron chi connectivity index (χ1n) is 5.98. The molecule has 0 aromatic heterocycles.